The highest BCUT2D eigenvalue weighted by atomic mass is 16.5. The average molecular weight is 397 g/mol. The van der Waals surface area contributed by atoms with E-state index in [4.69, 9.17) is 9.47 Å². The summed E-state index contributed by atoms with van der Waals surface area (Å²) in [5.74, 6) is 0.890. The number of amides is 2. The van der Waals surface area contributed by atoms with Gasteiger partial charge in [-0.15, -0.1) is 0 Å². The van der Waals surface area contributed by atoms with Gasteiger partial charge >= 0.3 is 0 Å². The largest absolute Gasteiger partial charge is 0.493 e. The number of hydrogen-bond donors (Lipinski definition) is 1. The van der Waals surface area contributed by atoms with Crippen LogP contribution < -0.4 is 14.8 Å². The number of methoxy groups -OCH3 is 2. The van der Waals surface area contributed by atoms with Crippen LogP contribution in [-0.4, -0.2) is 49.0 Å². The monoisotopic (exact) mass is 397 g/mol. The van der Waals surface area contributed by atoms with Crippen LogP contribution in [0.4, 0.5) is 0 Å². The molecule has 0 unspecified atom stereocenters. The third-order valence-electron chi connectivity index (χ3n) is 5.02. The van der Waals surface area contributed by atoms with Crippen molar-refractivity contribution in [2.75, 3.05) is 27.3 Å². The quantitative estimate of drug-likeness (QED) is 0.727. The van der Waals surface area contributed by atoms with E-state index in [0.717, 1.165) is 30.4 Å². The van der Waals surface area contributed by atoms with Crippen molar-refractivity contribution in [2.45, 2.75) is 32.7 Å². The Hall–Kier alpha value is -3.09. The van der Waals surface area contributed by atoms with Gasteiger partial charge in [0, 0.05) is 19.6 Å². The van der Waals surface area contributed by atoms with Crippen LogP contribution in [0.25, 0.3) is 0 Å². The van der Waals surface area contributed by atoms with E-state index in [0.29, 0.717) is 31.1 Å². The maximum Gasteiger partial charge on any atom is 0.272 e. The van der Waals surface area contributed by atoms with Crippen LogP contribution in [0.3, 0.4) is 0 Å². The van der Waals surface area contributed by atoms with Gasteiger partial charge in [-0.05, 0) is 48.2 Å². The highest BCUT2D eigenvalue weighted by molar-refractivity contribution is 5.96. The fraction of sp³-hybridized carbons (Fsp3) is 0.409. The van der Waals surface area contributed by atoms with Gasteiger partial charge in [0.15, 0.2) is 11.5 Å². The number of benzene rings is 1. The molecule has 0 radical (unpaired) electrons. The molecular formula is C22H27N3O4. The smallest absolute Gasteiger partial charge is 0.272 e. The van der Waals surface area contributed by atoms with Crippen LogP contribution in [0.1, 0.15) is 51.9 Å². The van der Waals surface area contributed by atoms with Gasteiger partial charge < -0.3 is 19.7 Å². The second-order valence-electron chi connectivity index (χ2n) is 6.97. The lowest BCUT2D eigenvalue weighted by Crippen LogP contribution is -2.36. The number of nitrogens with zero attached hydrogens (tertiary/aromatic N) is 2. The van der Waals surface area contributed by atoms with Crippen molar-refractivity contribution in [3.63, 3.8) is 0 Å². The Morgan fingerprint density at radius 3 is 2.48 bits per heavy atom. The molecule has 0 spiro atoms. The summed E-state index contributed by atoms with van der Waals surface area (Å²) < 4.78 is 10.7. The van der Waals surface area contributed by atoms with Crippen molar-refractivity contribution in [3.8, 4) is 11.5 Å². The van der Waals surface area contributed by atoms with Crippen LogP contribution >= 0.6 is 0 Å². The summed E-state index contributed by atoms with van der Waals surface area (Å²) in [6.45, 7) is 3.70. The Labute approximate surface area is 171 Å². The van der Waals surface area contributed by atoms with Crippen molar-refractivity contribution in [2.24, 2.45) is 0 Å². The molecule has 0 atom stereocenters. The van der Waals surface area contributed by atoms with Crippen molar-refractivity contribution in [1.82, 2.24) is 15.2 Å². The van der Waals surface area contributed by atoms with Crippen molar-refractivity contribution in [3.05, 3.63) is 52.8 Å². The van der Waals surface area contributed by atoms with Gasteiger partial charge in [0.1, 0.15) is 11.4 Å². The molecule has 29 heavy (non-hydrogen) atoms. The van der Waals surface area contributed by atoms with Crippen LogP contribution in [0.2, 0.25) is 0 Å². The number of pyridine rings is 1. The number of ether oxygens (including phenoxy) is 2. The molecule has 1 aromatic heterocycles. The molecular weight excluding hydrogens is 370 g/mol. The molecule has 0 bridgehead atoms. The Kier molecular flexibility index (Phi) is 6.69. The second-order valence-corrected chi connectivity index (χ2v) is 6.97. The molecule has 0 fully saturated rings. The summed E-state index contributed by atoms with van der Waals surface area (Å²) in [7, 11) is 3.21. The minimum atomic E-state index is -0.256. The number of aromatic nitrogens is 1. The normalized spacial score (nSPS) is 12.9. The molecule has 2 heterocycles. The maximum atomic E-state index is 13.0. The number of rotatable bonds is 7. The molecule has 2 amide bonds. The fourth-order valence-electron chi connectivity index (χ4n) is 3.37. The molecule has 0 saturated heterocycles. The van der Waals surface area contributed by atoms with Crippen LogP contribution in [0, 0.1) is 0 Å². The number of unbranched alkanes of at least 4 members (excludes halogenated alkanes) is 1. The molecule has 1 aliphatic rings. The molecule has 1 aliphatic heterocycles. The van der Waals surface area contributed by atoms with Crippen molar-refractivity contribution < 1.29 is 19.1 Å². The predicted octanol–water partition coefficient (Wildman–Crippen LogP) is 2.83. The molecule has 3 rings (SSSR count). The van der Waals surface area contributed by atoms with E-state index in [1.165, 1.54) is 0 Å². The third-order valence-corrected chi connectivity index (χ3v) is 5.02. The molecule has 0 aliphatic carbocycles. The minimum absolute atomic E-state index is 0.186. The number of hydrogen-bond acceptors (Lipinski definition) is 5. The number of carbonyl (C=O) groups is 2. The minimum Gasteiger partial charge on any atom is -0.493 e. The van der Waals surface area contributed by atoms with E-state index in [2.05, 4.69) is 17.2 Å². The number of fused-ring (bicyclic) bond motifs is 1. The first-order chi connectivity index (χ1) is 14.1. The fourth-order valence-corrected chi connectivity index (χ4v) is 3.37. The van der Waals surface area contributed by atoms with Gasteiger partial charge in [0.05, 0.1) is 14.2 Å². The number of carbonyl (C=O) groups excluding carboxylic acids is 2. The van der Waals surface area contributed by atoms with Crippen LogP contribution in [0.5, 0.6) is 11.5 Å². The van der Waals surface area contributed by atoms with Gasteiger partial charge in [-0.1, -0.05) is 19.4 Å². The van der Waals surface area contributed by atoms with E-state index in [1.54, 1.807) is 37.3 Å². The lowest BCUT2D eigenvalue weighted by atomic mass is 9.98. The lowest BCUT2D eigenvalue weighted by molar-refractivity contribution is 0.0728. The Balaban J connectivity index is 1.75. The summed E-state index contributed by atoms with van der Waals surface area (Å²) >= 11 is 0. The van der Waals surface area contributed by atoms with Gasteiger partial charge in [-0.2, -0.15) is 0 Å². The second kappa shape index (κ2) is 9.41. The first-order valence-electron chi connectivity index (χ1n) is 9.85. The Morgan fingerprint density at radius 1 is 1.10 bits per heavy atom. The van der Waals surface area contributed by atoms with Crippen molar-refractivity contribution >= 4 is 11.8 Å². The molecule has 1 aromatic carbocycles. The van der Waals surface area contributed by atoms with E-state index in [9.17, 15) is 9.59 Å². The highest BCUT2D eigenvalue weighted by Gasteiger charge is 2.25. The van der Waals surface area contributed by atoms with Crippen LogP contribution in [0.15, 0.2) is 30.3 Å². The van der Waals surface area contributed by atoms with Crippen molar-refractivity contribution in [1.29, 1.82) is 0 Å². The van der Waals surface area contributed by atoms with Gasteiger partial charge in [-0.25, -0.2) is 4.98 Å². The maximum absolute atomic E-state index is 13.0. The van der Waals surface area contributed by atoms with E-state index < -0.39 is 0 Å². The molecule has 154 valence electrons. The topological polar surface area (TPSA) is 80.8 Å². The first-order valence-corrected chi connectivity index (χ1v) is 9.85. The lowest BCUT2D eigenvalue weighted by Gasteiger charge is -2.29. The summed E-state index contributed by atoms with van der Waals surface area (Å²) in [6, 6.07) is 8.85. The van der Waals surface area contributed by atoms with E-state index in [-0.39, 0.29) is 23.2 Å². The van der Waals surface area contributed by atoms with Crippen LogP contribution in [-0.2, 0) is 13.0 Å². The van der Waals surface area contributed by atoms with Gasteiger partial charge in [-0.3, -0.25) is 9.59 Å². The number of nitrogens with one attached hydrogen (secondary N) is 1. The standard InChI is InChI=1S/C22H27N3O4/c1-4-5-10-23-21(26)17-7-6-8-18(24-17)22(27)25-11-9-15-12-19(28-2)20(29-3)13-16(15)14-25/h6-8,12-13H,4-5,9-11,14H2,1-3H3,(H,23,26). The SMILES string of the molecule is CCCCNC(=O)c1cccc(C(=O)N2CCc3cc(OC)c(OC)cc3C2)n1. The van der Waals surface area contributed by atoms with E-state index in [1.807, 2.05) is 12.1 Å². The van der Waals surface area contributed by atoms with Gasteiger partial charge in [0.25, 0.3) is 11.8 Å². The summed E-state index contributed by atoms with van der Waals surface area (Å²) in [6.07, 6.45) is 2.63. The average Bonchev–Trinajstić information content (AvgIpc) is 2.77. The van der Waals surface area contributed by atoms with E-state index >= 15 is 0 Å². The third kappa shape index (κ3) is 4.67. The molecule has 0 saturated carbocycles. The summed E-state index contributed by atoms with van der Waals surface area (Å²) in [5, 5.41) is 2.83. The highest BCUT2D eigenvalue weighted by Crippen LogP contribution is 2.33. The predicted molar refractivity (Wildman–Crippen MR) is 109 cm³/mol. The molecule has 2 aromatic rings. The molecule has 1 N–H and O–H groups in total. The zero-order valence-corrected chi connectivity index (χ0v) is 17.2. The zero-order valence-electron chi connectivity index (χ0n) is 17.2. The Morgan fingerprint density at radius 2 is 1.79 bits per heavy atom. The molecule has 7 heteroatoms. The first kappa shape index (κ1) is 20.6. The Bertz CT molecular complexity index is 898. The summed E-state index contributed by atoms with van der Waals surface area (Å²) in [4.78, 5) is 31.3. The zero-order chi connectivity index (χ0) is 20.8. The van der Waals surface area contributed by atoms with Gasteiger partial charge in [0.2, 0.25) is 0 Å². The summed E-state index contributed by atoms with van der Waals surface area (Å²) in [5.41, 5.74) is 2.70. The molecule has 7 nitrogen and oxygen atoms in total.